The standard InChI is InChI=1S/C20H19N3O4/c1-22(11-15-7-3-2-4-8-15)18(24)13-27-19(25)12-23-14-21-17-10-6-5-9-16(17)20(23)26/h2-10,14H,11-13H2,1H3. The fraction of sp³-hybridized carbons (Fsp3) is 0.200. The van der Waals surface area contributed by atoms with Gasteiger partial charge in [-0.05, 0) is 17.7 Å². The van der Waals surface area contributed by atoms with E-state index in [4.69, 9.17) is 4.74 Å². The molecule has 1 amide bonds. The van der Waals surface area contributed by atoms with Crippen LogP contribution in [0.1, 0.15) is 5.56 Å². The van der Waals surface area contributed by atoms with Gasteiger partial charge in [-0.25, -0.2) is 4.98 Å². The number of hydrogen-bond acceptors (Lipinski definition) is 5. The Balaban J connectivity index is 1.56. The number of amides is 1. The van der Waals surface area contributed by atoms with Crippen LogP contribution < -0.4 is 5.56 Å². The third-order valence-electron chi connectivity index (χ3n) is 4.08. The molecular weight excluding hydrogens is 346 g/mol. The minimum absolute atomic E-state index is 0.299. The lowest BCUT2D eigenvalue weighted by atomic mass is 10.2. The molecule has 0 aliphatic heterocycles. The molecule has 0 fully saturated rings. The normalized spacial score (nSPS) is 10.6. The minimum Gasteiger partial charge on any atom is -0.454 e. The summed E-state index contributed by atoms with van der Waals surface area (Å²) in [6, 6.07) is 16.4. The predicted molar refractivity (Wildman–Crippen MR) is 99.9 cm³/mol. The SMILES string of the molecule is CN(Cc1ccccc1)C(=O)COC(=O)Cn1cnc2ccccc2c1=O. The summed E-state index contributed by atoms with van der Waals surface area (Å²) < 4.78 is 6.19. The average Bonchev–Trinajstić information content (AvgIpc) is 2.69. The Morgan fingerprint density at radius 1 is 1.07 bits per heavy atom. The molecule has 0 saturated carbocycles. The van der Waals surface area contributed by atoms with Gasteiger partial charge in [0.1, 0.15) is 6.54 Å². The fourth-order valence-electron chi connectivity index (χ4n) is 2.60. The van der Waals surface area contributed by atoms with Gasteiger partial charge in [0.25, 0.3) is 11.5 Å². The zero-order chi connectivity index (χ0) is 19.2. The first-order valence-corrected chi connectivity index (χ1v) is 8.42. The molecule has 0 aliphatic carbocycles. The van der Waals surface area contributed by atoms with E-state index in [0.29, 0.717) is 17.4 Å². The molecule has 0 unspecified atom stereocenters. The number of para-hydroxylation sites is 1. The molecule has 0 radical (unpaired) electrons. The van der Waals surface area contributed by atoms with Crippen molar-refractivity contribution in [3.05, 3.63) is 76.8 Å². The summed E-state index contributed by atoms with van der Waals surface area (Å²) in [4.78, 5) is 42.1. The zero-order valence-corrected chi connectivity index (χ0v) is 14.9. The third-order valence-corrected chi connectivity index (χ3v) is 4.08. The number of benzene rings is 2. The molecule has 27 heavy (non-hydrogen) atoms. The van der Waals surface area contributed by atoms with Gasteiger partial charge in [-0.15, -0.1) is 0 Å². The van der Waals surface area contributed by atoms with E-state index >= 15 is 0 Å². The first kappa shape index (κ1) is 18.3. The van der Waals surface area contributed by atoms with E-state index in [9.17, 15) is 14.4 Å². The number of likely N-dealkylation sites (N-methyl/N-ethyl adjacent to an activating group) is 1. The number of esters is 1. The van der Waals surface area contributed by atoms with Crippen LogP contribution in [0.3, 0.4) is 0 Å². The number of aromatic nitrogens is 2. The lowest BCUT2D eigenvalue weighted by Crippen LogP contribution is -2.32. The summed E-state index contributed by atoms with van der Waals surface area (Å²) in [5.41, 5.74) is 1.21. The molecule has 0 saturated heterocycles. The predicted octanol–water partition coefficient (Wildman–Crippen LogP) is 1.60. The van der Waals surface area contributed by atoms with Crippen LogP contribution in [0.4, 0.5) is 0 Å². The molecule has 0 spiro atoms. The van der Waals surface area contributed by atoms with E-state index in [1.165, 1.54) is 15.8 Å². The van der Waals surface area contributed by atoms with Crippen molar-refractivity contribution in [3.63, 3.8) is 0 Å². The van der Waals surface area contributed by atoms with Crippen LogP contribution in [0.5, 0.6) is 0 Å². The Labute approximate surface area is 155 Å². The number of hydrogen-bond donors (Lipinski definition) is 0. The molecule has 3 aromatic rings. The van der Waals surface area contributed by atoms with Crippen LogP contribution in [0.2, 0.25) is 0 Å². The highest BCUT2D eigenvalue weighted by atomic mass is 16.5. The Morgan fingerprint density at radius 3 is 2.56 bits per heavy atom. The quantitative estimate of drug-likeness (QED) is 0.620. The number of carbonyl (C=O) groups is 2. The summed E-state index contributed by atoms with van der Waals surface area (Å²) in [6.45, 7) is -0.254. The zero-order valence-electron chi connectivity index (χ0n) is 14.9. The van der Waals surface area contributed by atoms with Crippen molar-refractivity contribution in [2.24, 2.45) is 0 Å². The molecule has 0 atom stereocenters. The summed E-state index contributed by atoms with van der Waals surface area (Å²) in [5, 5.41) is 0.423. The molecule has 0 N–H and O–H groups in total. The van der Waals surface area contributed by atoms with Crippen LogP contribution in [0, 0.1) is 0 Å². The van der Waals surface area contributed by atoms with Crippen LogP contribution in [0.15, 0.2) is 65.7 Å². The number of nitrogens with zero attached hydrogens (tertiary/aromatic N) is 3. The Kier molecular flexibility index (Phi) is 5.61. The van der Waals surface area contributed by atoms with Gasteiger partial charge >= 0.3 is 5.97 Å². The van der Waals surface area contributed by atoms with Crippen molar-refractivity contribution in [2.45, 2.75) is 13.1 Å². The topological polar surface area (TPSA) is 81.5 Å². The Bertz CT molecular complexity index is 1010. The third kappa shape index (κ3) is 4.58. The van der Waals surface area contributed by atoms with Crippen LogP contribution in [-0.4, -0.2) is 40.0 Å². The van der Waals surface area contributed by atoms with E-state index in [0.717, 1.165) is 5.56 Å². The summed E-state index contributed by atoms with van der Waals surface area (Å²) in [5.74, 6) is -0.994. The number of fused-ring (bicyclic) bond motifs is 1. The van der Waals surface area contributed by atoms with E-state index in [1.54, 1.807) is 31.3 Å². The van der Waals surface area contributed by atoms with Crippen LogP contribution >= 0.6 is 0 Å². The van der Waals surface area contributed by atoms with Crippen molar-refractivity contribution in [1.82, 2.24) is 14.5 Å². The first-order valence-electron chi connectivity index (χ1n) is 8.42. The maximum absolute atomic E-state index is 12.4. The second-order valence-electron chi connectivity index (χ2n) is 6.09. The molecule has 7 heteroatoms. The largest absolute Gasteiger partial charge is 0.454 e. The second kappa shape index (κ2) is 8.27. The van der Waals surface area contributed by atoms with Gasteiger partial charge < -0.3 is 9.64 Å². The highest BCUT2D eigenvalue weighted by molar-refractivity contribution is 5.81. The van der Waals surface area contributed by atoms with Gasteiger partial charge in [-0.1, -0.05) is 42.5 Å². The van der Waals surface area contributed by atoms with Gasteiger partial charge in [-0.2, -0.15) is 0 Å². The first-order chi connectivity index (χ1) is 13.0. The van der Waals surface area contributed by atoms with Crippen molar-refractivity contribution >= 4 is 22.8 Å². The van der Waals surface area contributed by atoms with Gasteiger partial charge in [-0.3, -0.25) is 19.0 Å². The lowest BCUT2D eigenvalue weighted by Gasteiger charge is -2.17. The molecule has 7 nitrogen and oxygen atoms in total. The van der Waals surface area contributed by atoms with E-state index < -0.39 is 5.97 Å². The second-order valence-corrected chi connectivity index (χ2v) is 6.09. The number of rotatable bonds is 6. The molecule has 0 bridgehead atoms. The molecular formula is C20H19N3O4. The van der Waals surface area contributed by atoms with Crippen molar-refractivity contribution in [1.29, 1.82) is 0 Å². The Hall–Kier alpha value is -3.48. The maximum Gasteiger partial charge on any atom is 0.326 e. The molecule has 3 rings (SSSR count). The number of carbonyl (C=O) groups excluding carboxylic acids is 2. The van der Waals surface area contributed by atoms with Crippen molar-refractivity contribution in [2.75, 3.05) is 13.7 Å². The fourth-order valence-corrected chi connectivity index (χ4v) is 2.60. The van der Waals surface area contributed by atoms with Gasteiger partial charge in [0.2, 0.25) is 0 Å². The number of ether oxygens (including phenoxy) is 1. The maximum atomic E-state index is 12.4. The van der Waals surface area contributed by atoms with Crippen molar-refractivity contribution < 1.29 is 14.3 Å². The Morgan fingerprint density at radius 2 is 1.78 bits per heavy atom. The van der Waals surface area contributed by atoms with E-state index in [2.05, 4.69) is 4.98 Å². The molecule has 2 aromatic carbocycles. The van der Waals surface area contributed by atoms with Gasteiger partial charge in [0.05, 0.1) is 17.2 Å². The minimum atomic E-state index is -0.671. The monoisotopic (exact) mass is 365 g/mol. The van der Waals surface area contributed by atoms with E-state index in [-0.39, 0.29) is 24.6 Å². The van der Waals surface area contributed by atoms with Gasteiger partial charge in [0.15, 0.2) is 6.61 Å². The highest BCUT2D eigenvalue weighted by Gasteiger charge is 2.14. The van der Waals surface area contributed by atoms with E-state index in [1.807, 2.05) is 30.3 Å². The smallest absolute Gasteiger partial charge is 0.326 e. The average molecular weight is 365 g/mol. The molecule has 1 aromatic heterocycles. The molecule has 1 heterocycles. The lowest BCUT2D eigenvalue weighted by molar-refractivity contribution is -0.152. The molecule has 138 valence electrons. The van der Waals surface area contributed by atoms with Gasteiger partial charge in [0, 0.05) is 13.6 Å². The summed E-state index contributed by atoms with van der Waals surface area (Å²) in [7, 11) is 1.64. The molecule has 0 aliphatic rings. The summed E-state index contributed by atoms with van der Waals surface area (Å²) in [6.07, 6.45) is 1.30. The highest BCUT2D eigenvalue weighted by Crippen LogP contribution is 2.05. The van der Waals surface area contributed by atoms with Crippen molar-refractivity contribution in [3.8, 4) is 0 Å². The van der Waals surface area contributed by atoms with Crippen LogP contribution in [-0.2, 0) is 27.4 Å². The summed E-state index contributed by atoms with van der Waals surface area (Å²) >= 11 is 0. The van der Waals surface area contributed by atoms with Crippen LogP contribution in [0.25, 0.3) is 10.9 Å².